The number of amides is 1. The Kier molecular flexibility index (Phi) is 4.01. The molecule has 1 saturated heterocycles. The molecule has 7 heteroatoms. The highest BCUT2D eigenvalue weighted by Gasteiger charge is 2.53. The minimum absolute atomic E-state index is 0.257. The Morgan fingerprint density at radius 2 is 2.00 bits per heavy atom. The van der Waals surface area contributed by atoms with E-state index in [1.165, 1.54) is 0 Å². The van der Waals surface area contributed by atoms with Gasteiger partial charge < -0.3 is 9.84 Å². The monoisotopic (exact) mass is 289 g/mol. The summed E-state index contributed by atoms with van der Waals surface area (Å²) in [6.07, 6.45) is -8.55. The van der Waals surface area contributed by atoms with Crippen LogP contribution in [0, 0.1) is 0 Å². The number of carbonyl (C=O) groups is 1. The van der Waals surface area contributed by atoms with Crippen molar-refractivity contribution in [2.45, 2.75) is 31.5 Å². The van der Waals surface area contributed by atoms with Crippen molar-refractivity contribution in [2.24, 2.45) is 0 Å². The second-order valence-corrected chi connectivity index (χ2v) is 4.58. The molecular weight excluding hydrogens is 275 g/mol. The zero-order chi connectivity index (χ0) is 14.9. The third-order valence-corrected chi connectivity index (χ3v) is 3.08. The van der Waals surface area contributed by atoms with Crippen LogP contribution in [0.3, 0.4) is 0 Å². The SMILES string of the molecule is C[C@@H](O)C(=O)N1[C@H](C(F)(F)F)OC[C@H]1c1ccccc1. The molecule has 0 bridgehead atoms. The van der Waals surface area contributed by atoms with Crippen molar-refractivity contribution in [3.63, 3.8) is 0 Å². The van der Waals surface area contributed by atoms with Crippen LogP contribution in [0.4, 0.5) is 13.2 Å². The van der Waals surface area contributed by atoms with Gasteiger partial charge in [-0.1, -0.05) is 30.3 Å². The van der Waals surface area contributed by atoms with E-state index < -0.39 is 30.5 Å². The molecule has 1 aromatic rings. The fourth-order valence-electron chi connectivity index (χ4n) is 2.18. The smallest absolute Gasteiger partial charge is 0.384 e. The van der Waals surface area contributed by atoms with Gasteiger partial charge in [-0.15, -0.1) is 0 Å². The number of nitrogens with zero attached hydrogens (tertiary/aromatic N) is 1. The Morgan fingerprint density at radius 3 is 2.50 bits per heavy atom. The first kappa shape index (κ1) is 14.8. The predicted molar refractivity (Wildman–Crippen MR) is 63.5 cm³/mol. The Morgan fingerprint density at radius 1 is 1.40 bits per heavy atom. The molecule has 110 valence electrons. The van der Waals surface area contributed by atoms with Crippen LogP contribution in [-0.2, 0) is 9.53 Å². The molecule has 2 rings (SSSR count). The lowest BCUT2D eigenvalue weighted by Crippen LogP contribution is -2.49. The van der Waals surface area contributed by atoms with Crippen molar-refractivity contribution in [1.82, 2.24) is 4.90 Å². The Labute approximate surface area is 113 Å². The van der Waals surface area contributed by atoms with Crippen LogP contribution in [0.25, 0.3) is 0 Å². The van der Waals surface area contributed by atoms with Gasteiger partial charge >= 0.3 is 6.18 Å². The number of ether oxygens (including phenoxy) is 1. The van der Waals surface area contributed by atoms with Gasteiger partial charge in [0.25, 0.3) is 5.91 Å². The van der Waals surface area contributed by atoms with E-state index in [4.69, 9.17) is 4.74 Å². The van der Waals surface area contributed by atoms with E-state index in [0.29, 0.717) is 10.5 Å². The highest BCUT2D eigenvalue weighted by molar-refractivity contribution is 5.81. The van der Waals surface area contributed by atoms with E-state index in [0.717, 1.165) is 6.92 Å². The van der Waals surface area contributed by atoms with Crippen molar-refractivity contribution in [2.75, 3.05) is 6.61 Å². The van der Waals surface area contributed by atoms with Crippen LogP contribution in [0.1, 0.15) is 18.5 Å². The maximum Gasteiger partial charge on any atom is 0.433 e. The molecule has 0 aliphatic carbocycles. The van der Waals surface area contributed by atoms with Gasteiger partial charge in [0.1, 0.15) is 6.10 Å². The minimum atomic E-state index is -4.70. The summed E-state index contributed by atoms with van der Waals surface area (Å²) in [5.41, 5.74) is 0.535. The van der Waals surface area contributed by atoms with Crippen LogP contribution >= 0.6 is 0 Å². The summed E-state index contributed by atoms with van der Waals surface area (Å²) in [4.78, 5) is 12.5. The number of carbonyl (C=O) groups excluding carboxylic acids is 1. The molecule has 1 amide bonds. The van der Waals surface area contributed by atoms with Crippen LogP contribution in [-0.4, -0.2) is 41.0 Å². The number of aliphatic hydroxyl groups is 1. The van der Waals surface area contributed by atoms with E-state index >= 15 is 0 Å². The molecule has 0 saturated carbocycles. The molecule has 1 heterocycles. The molecule has 0 unspecified atom stereocenters. The van der Waals surface area contributed by atoms with E-state index in [9.17, 15) is 23.1 Å². The highest BCUT2D eigenvalue weighted by atomic mass is 19.4. The Balaban J connectivity index is 2.36. The average Bonchev–Trinajstić information content (AvgIpc) is 2.83. The number of hydrogen-bond acceptors (Lipinski definition) is 3. The zero-order valence-electron chi connectivity index (χ0n) is 10.7. The third kappa shape index (κ3) is 2.78. The van der Waals surface area contributed by atoms with E-state index in [1.54, 1.807) is 30.3 Å². The molecule has 1 aliphatic rings. The van der Waals surface area contributed by atoms with Gasteiger partial charge in [-0.25, -0.2) is 0 Å². The first-order valence-corrected chi connectivity index (χ1v) is 6.06. The van der Waals surface area contributed by atoms with Crippen molar-refractivity contribution in [3.05, 3.63) is 35.9 Å². The van der Waals surface area contributed by atoms with Crippen LogP contribution in [0.2, 0.25) is 0 Å². The molecular formula is C13H14F3NO3. The number of benzene rings is 1. The molecule has 1 N–H and O–H groups in total. The lowest BCUT2D eigenvalue weighted by molar-refractivity contribution is -0.241. The lowest BCUT2D eigenvalue weighted by Gasteiger charge is -2.30. The van der Waals surface area contributed by atoms with Gasteiger partial charge in [-0.3, -0.25) is 9.69 Å². The van der Waals surface area contributed by atoms with Crippen molar-refractivity contribution >= 4 is 5.91 Å². The predicted octanol–water partition coefficient (Wildman–Crippen LogP) is 1.86. The molecule has 1 aromatic carbocycles. The van der Waals surface area contributed by atoms with Gasteiger partial charge in [-0.05, 0) is 12.5 Å². The maximum absolute atomic E-state index is 12.9. The summed E-state index contributed by atoms with van der Waals surface area (Å²) in [7, 11) is 0. The second-order valence-electron chi connectivity index (χ2n) is 4.58. The number of alkyl halides is 3. The fourth-order valence-corrected chi connectivity index (χ4v) is 2.18. The number of hydrogen-bond donors (Lipinski definition) is 1. The summed E-state index contributed by atoms with van der Waals surface area (Å²) < 4.78 is 43.5. The molecule has 1 aliphatic heterocycles. The largest absolute Gasteiger partial charge is 0.433 e. The van der Waals surface area contributed by atoms with Crippen LogP contribution in [0.5, 0.6) is 0 Å². The topological polar surface area (TPSA) is 49.8 Å². The normalized spacial score (nSPS) is 24.8. The third-order valence-electron chi connectivity index (χ3n) is 3.08. The Hall–Kier alpha value is -1.60. The lowest BCUT2D eigenvalue weighted by atomic mass is 10.1. The number of aliphatic hydroxyl groups excluding tert-OH is 1. The molecule has 20 heavy (non-hydrogen) atoms. The van der Waals surface area contributed by atoms with Gasteiger partial charge in [0, 0.05) is 0 Å². The summed E-state index contributed by atoms with van der Waals surface area (Å²) in [6, 6.07) is 7.44. The Bertz CT molecular complexity index is 475. The first-order chi connectivity index (χ1) is 9.32. The maximum atomic E-state index is 12.9. The van der Waals surface area contributed by atoms with Gasteiger partial charge in [0.05, 0.1) is 12.6 Å². The standard InChI is InChI=1S/C13H14F3NO3/c1-8(18)11(19)17-10(9-5-3-2-4-6-9)7-20-12(17)13(14,15)16/h2-6,8,10,12,18H,7H2,1H3/t8-,10+,12+/m1/s1. The van der Waals surface area contributed by atoms with E-state index in [1.807, 2.05) is 0 Å². The molecule has 3 atom stereocenters. The van der Waals surface area contributed by atoms with Crippen molar-refractivity contribution in [1.29, 1.82) is 0 Å². The van der Waals surface area contributed by atoms with Crippen molar-refractivity contribution in [3.8, 4) is 0 Å². The molecule has 0 aromatic heterocycles. The summed E-state index contributed by atoms with van der Waals surface area (Å²) in [5.74, 6) is -1.00. The minimum Gasteiger partial charge on any atom is -0.384 e. The summed E-state index contributed by atoms with van der Waals surface area (Å²) in [5, 5.41) is 9.32. The summed E-state index contributed by atoms with van der Waals surface area (Å²) in [6.45, 7) is 0.878. The van der Waals surface area contributed by atoms with Crippen molar-refractivity contribution < 1.29 is 27.8 Å². The average molecular weight is 289 g/mol. The molecule has 0 radical (unpaired) electrons. The highest BCUT2D eigenvalue weighted by Crippen LogP contribution is 2.38. The van der Waals surface area contributed by atoms with Crippen LogP contribution in [0.15, 0.2) is 30.3 Å². The quantitative estimate of drug-likeness (QED) is 0.904. The van der Waals surface area contributed by atoms with E-state index in [-0.39, 0.29) is 6.61 Å². The van der Waals surface area contributed by atoms with Gasteiger partial charge in [-0.2, -0.15) is 13.2 Å². The van der Waals surface area contributed by atoms with Gasteiger partial charge in [0.15, 0.2) is 0 Å². The fraction of sp³-hybridized carbons (Fsp3) is 0.462. The van der Waals surface area contributed by atoms with E-state index in [2.05, 4.69) is 0 Å². The van der Waals surface area contributed by atoms with Crippen LogP contribution < -0.4 is 0 Å². The zero-order valence-corrected chi connectivity index (χ0v) is 10.7. The molecule has 4 nitrogen and oxygen atoms in total. The first-order valence-electron chi connectivity index (χ1n) is 6.06. The summed E-state index contributed by atoms with van der Waals surface area (Å²) >= 11 is 0. The second kappa shape index (κ2) is 5.41. The number of rotatable bonds is 2. The molecule has 0 spiro atoms. The molecule has 1 fully saturated rings. The van der Waals surface area contributed by atoms with Gasteiger partial charge in [0.2, 0.25) is 6.23 Å². The number of halogens is 3.